The largest absolute Gasteiger partial charge is 0.493 e. The Balaban J connectivity index is 1.92. The normalized spacial score (nSPS) is 15.2. The van der Waals surface area contributed by atoms with Crippen LogP contribution in [-0.2, 0) is 9.53 Å². The van der Waals surface area contributed by atoms with Gasteiger partial charge in [0.05, 0.1) is 19.8 Å². The highest BCUT2D eigenvalue weighted by Gasteiger charge is 2.22. The van der Waals surface area contributed by atoms with Crippen LogP contribution in [0.3, 0.4) is 0 Å². The highest BCUT2D eigenvalue weighted by molar-refractivity contribution is 6.05. The molecular formula is C19H15FO4. The summed E-state index contributed by atoms with van der Waals surface area (Å²) < 4.78 is 28.7. The highest BCUT2D eigenvalue weighted by atomic mass is 19.1. The van der Waals surface area contributed by atoms with Gasteiger partial charge in [0.2, 0.25) is 0 Å². The average molecular weight is 326 g/mol. The number of hydrogen-bond acceptors (Lipinski definition) is 4. The Labute approximate surface area is 138 Å². The van der Waals surface area contributed by atoms with E-state index in [1.807, 2.05) is 6.07 Å². The molecule has 1 aliphatic rings. The zero-order chi connectivity index (χ0) is 17.1. The molecule has 5 heteroatoms. The Kier molecular flexibility index (Phi) is 4.33. The van der Waals surface area contributed by atoms with Crippen LogP contribution in [0.5, 0.6) is 11.5 Å². The molecule has 0 fully saturated rings. The van der Waals surface area contributed by atoms with Gasteiger partial charge in [-0.15, -0.1) is 0 Å². The summed E-state index contributed by atoms with van der Waals surface area (Å²) in [7, 11) is 3.10. The Hall–Kier alpha value is -3.08. The summed E-state index contributed by atoms with van der Waals surface area (Å²) in [6.07, 6.45) is 3.33. The zero-order valence-corrected chi connectivity index (χ0v) is 13.2. The first-order valence-corrected chi connectivity index (χ1v) is 7.24. The molecule has 2 aromatic rings. The van der Waals surface area contributed by atoms with Crippen molar-refractivity contribution in [3.05, 3.63) is 71.1 Å². The summed E-state index contributed by atoms with van der Waals surface area (Å²) in [6, 6.07) is 11.1. The van der Waals surface area contributed by atoms with E-state index in [0.29, 0.717) is 28.4 Å². The van der Waals surface area contributed by atoms with Gasteiger partial charge < -0.3 is 14.2 Å². The van der Waals surface area contributed by atoms with Crippen molar-refractivity contribution in [3.63, 3.8) is 0 Å². The van der Waals surface area contributed by atoms with Crippen molar-refractivity contribution in [1.29, 1.82) is 0 Å². The minimum absolute atomic E-state index is 0.343. The van der Waals surface area contributed by atoms with E-state index < -0.39 is 5.97 Å². The first-order chi connectivity index (χ1) is 11.6. The number of carbonyl (C=O) groups is 1. The van der Waals surface area contributed by atoms with Gasteiger partial charge in [0, 0.05) is 5.56 Å². The van der Waals surface area contributed by atoms with E-state index in [9.17, 15) is 9.18 Å². The second-order valence-electron chi connectivity index (χ2n) is 5.12. The van der Waals surface area contributed by atoms with Crippen LogP contribution in [0.4, 0.5) is 4.39 Å². The molecule has 0 aliphatic carbocycles. The summed E-state index contributed by atoms with van der Waals surface area (Å²) >= 11 is 0. The van der Waals surface area contributed by atoms with Crippen molar-refractivity contribution in [1.82, 2.24) is 0 Å². The van der Waals surface area contributed by atoms with Crippen LogP contribution in [0.1, 0.15) is 11.1 Å². The maximum absolute atomic E-state index is 13.0. The molecular weight excluding hydrogens is 311 g/mol. The molecule has 0 N–H and O–H groups in total. The van der Waals surface area contributed by atoms with E-state index in [0.717, 1.165) is 5.56 Å². The molecule has 0 saturated heterocycles. The maximum Gasteiger partial charge on any atom is 0.343 e. The number of benzene rings is 2. The molecule has 1 aliphatic heterocycles. The van der Waals surface area contributed by atoms with E-state index in [2.05, 4.69) is 0 Å². The second-order valence-corrected chi connectivity index (χ2v) is 5.12. The van der Waals surface area contributed by atoms with E-state index in [-0.39, 0.29) is 5.82 Å². The minimum atomic E-state index is -0.455. The van der Waals surface area contributed by atoms with Gasteiger partial charge in [0.1, 0.15) is 11.6 Å². The number of hydrogen-bond donors (Lipinski definition) is 0. The molecule has 0 unspecified atom stereocenters. The van der Waals surface area contributed by atoms with Gasteiger partial charge in [0.25, 0.3) is 0 Å². The van der Waals surface area contributed by atoms with E-state index in [1.165, 1.54) is 12.1 Å². The van der Waals surface area contributed by atoms with Crippen LogP contribution in [0.2, 0.25) is 0 Å². The Bertz CT molecular complexity index is 835. The number of cyclic esters (lactones) is 1. The summed E-state index contributed by atoms with van der Waals surface area (Å²) in [5.74, 6) is 0.776. The number of ether oxygens (including phenoxy) is 3. The van der Waals surface area contributed by atoms with Gasteiger partial charge in [0.15, 0.2) is 11.5 Å². The molecule has 2 aromatic carbocycles. The smallest absolute Gasteiger partial charge is 0.343 e. The van der Waals surface area contributed by atoms with E-state index >= 15 is 0 Å². The van der Waals surface area contributed by atoms with Crippen LogP contribution < -0.4 is 9.47 Å². The first kappa shape index (κ1) is 15.8. The minimum Gasteiger partial charge on any atom is -0.493 e. The fourth-order valence-corrected chi connectivity index (χ4v) is 2.37. The standard InChI is InChI=1S/C19H15FO4/c1-22-16-8-3-12(10-18(16)23-2)9-14-11-17(24-19(14)21)13-4-6-15(20)7-5-13/h3-11H,1-2H3/b14-9+. The van der Waals surface area contributed by atoms with Crippen LogP contribution in [0.25, 0.3) is 11.8 Å². The van der Waals surface area contributed by atoms with Crippen LogP contribution in [0, 0.1) is 5.82 Å². The molecule has 0 spiro atoms. The zero-order valence-electron chi connectivity index (χ0n) is 13.2. The van der Waals surface area contributed by atoms with Crippen molar-refractivity contribution < 1.29 is 23.4 Å². The van der Waals surface area contributed by atoms with Gasteiger partial charge in [-0.1, -0.05) is 6.07 Å². The molecule has 0 radical (unpaired) electrons. The van der Waals surface area contributed by atoms with Crippen molar-refractivity contribution in [2.24, 2.45) is 0 Å². The van der Waals surface area contributed by atoms with Crippen molar-refractivity contribution in [3.8, 4) is 11.5 Å². The molecule has 0 atom stereocenters. The summed E-state index contributed by atoms with van der Waals surface area (Å²) in [6.45, 7) is 0. The molecule has 0 saturated carbocycles. The molecule has 0 aromatic heterocycles. The predicted octanol–water partition coefficient (Wildman–Crippen LogP) is 3.82. The highest BCUT2D eigenvalue weighted by Crippen LogP contribution is 2.31. The number of halogens is 1. The summed E-state index contributed by atoms with van der Waals surface area (Å²) in [5.41, 5.74) is 1.82. The number of rotatable bonds is 4. The molecule has 122 valence electrons. The lowest BCUT2D eigenvalue weighted by Gasteiger charge is -2.07. The topological polar surface area (TPSA) is 44.8 Å². The van der Waals surface area contributed by atoms with Crippen LogP contribution in [-0.4, -0.2) is 20.2 Å². The predicted molar refractivity (Wildman–Crippen MR) is 88.0 cm³/mol. The van der Waals surface area contributed by atoms with Gasteiger partial charge in [-0.3, -0.25) is 0 Å². The van der Waals surface area contributed by atoms with Gasteiger partial charge in [-0.05, 0) is 54.1 Å². The SMILES string of the molecule is COc1ccc(/C=C2\C=C(c3ccc(F)cc3)OC2=O)cc1OC. The lowest BCUT2D eigenvalue weighted by atomic mass is 10.1. The lowest BCUT2D eigenvalue weighted by Crippen LogP contribution is -1.97. The molecule has 3 rings (SSSR count). The Morgan fingerprint density at radius 2 is 1.71 bits per heavy atom. The maximum atomic E-state index is 13.0. The van der Waals surface area contributed by atoms with Crippen LogP contribution in [0.15, 0.2) is 54.1 Å². The Morgan fingerprint density at radius 1 is 1.00 bits per heavy atom. The summed E-state index contributed by atoms with van der Waals surface area (Å²) in [5, 5.41) is 0. The fourth-order valence-electron chi connectivity index (χ4n) is 2.37. The molecule has 4 nitrogen and oxygen atoms in total. The van der Waals surface area contributed by atoms with Crippen molar-refractivity contribution >= 4 is 17.8 Å². The third-order valence-electron chi connectivity index (χ3n) is 3.58. The van der Waals surface area contributed by atoms with Gasteiger partial charge >= 0.3 is 5.97 Å². The van der Waals surface area contributed by atoms with E-state index in [1.54, 1.807) is 50.6 Å². The lowest BCUT2D eigenvalue weighted by molar-refractivity contribution is -0.130. The van der Waals surface area contributed by atoms with Gasteiger partial charge in [-0.2, -0.15) is 0 Å². The third kappa shape index (κ3) is 3.15. The molecule has 0 bridgehead atoms. The third-order valence-corrected chi connectivity index (χ3v) is 3.58. The van der Waals surface area contributed by atoms with Crippen molar-refractivity contribution in [2.45, 2.75) is 0 Å². The second kappa shape index (κ2) is 6.58. The number of methoxy groups -OCH3 is 2. The monoisotopic (exact) mass is 326 g/mol. The van der Waals surface area contributed by atoms with Crippen LogP contribution >= 0.6 is 0 Å². The molecule has 1 heterocycles. The average Bonchev–Trinajstić information content (AvgIpc) is 2.96. The number of esters is 1. The summed E-state index contributed by atoms with van der Waals surface area (Å²) in [4.78, 5) is 12.0. The molecule has 24 heavy (non-hydrogen) atoms. The number of carbonyl (C=O) groups excluding carboxylic acids is 1. The first-order valence-electron chi connectivity index (χ1n) is 7.24. The van der Waals surface area contributed by atoms with Gasteiger partial charge in [-0.25, -0.2) is 9.18 Å². The quantitative estimate of drug-likeness (QED) is 0.633. The molecule has 0 amide bonds. The van der Waals surface area contributed by atoms with Crippen molar-refractivity contribution in [2.75, 3.05) is 14.2 Å². The Morgan fingerprint density at radius 3 is 2.38 bits per heavy atom. The fraction of sp³-hybridized carbons (Fsp3) is 0.105. The van der Waals surface area contributed by atoms with E-state index in [4.69, 9.17) is 14.2 Å².